The number of carbonyl (C=O) groups is 1. The van der Waals surface area contributed by atoms with E-state index in [1.165, 1.54) is 12.2 Å². The van der Waals surface area contributed by atoms with Gasteiger partial charge in [0.2, 0.25) is 0 Å². The van der Waals surface area contributed by atoms with Gasteiger partial charge in [-0.3, -0.25) is 9.63 Å². The van der Waals surface area contributed by atoms with Crippen LogP contribution in [-0.4, -0.2) is 29.7 Å². The lowest BCUT2D eigenvalue weighted by molar-refractivity contribution is -0.172. The Kier molecular flexibility index (Phi) is 4.88. The van der Waals surface area contributed by atoms with Crippen molar-refractivity contribution in [1.29, 1.82) is 0 Å². The van der Waals surface area contributed by atoms with Crippen LogP contribution in [0.15, 0.2) is 60.8 Å². The zero-order chi connectivity index (χ0) is 17.1. The summed E-state index contributed by atoms with van der Waals surface area (Å²) in [5.41, 5.74) is 2.06. The molecular formula is C19H19ClN2O2. The molecule has 24 heavy (non-hydrogen) atoms. The summed E-state index contributed by atoms with van der Waals surface area (Å²) in [5, 5.41) is 3.06. The predicted octanol–water partition coefficient (Wildman–Crippen LogP) is 4.10. The molecule has 0 bridgehead atoms. The lowest BCUT2D eigenvalue weighted by Gasteiger charge is -2.24. The van der Waals surface area contributed by atoms with Crippen LogP contribution < -0.4 is 0 Å². The monoisotopic (exact) mass is 342 g/mol. The molecule has 0 aliphatic heterocycles. The summed E-state index contributed by atoms with van der Waals surface area (Å²) in [6, 6.07) is 17.2. The molecule has 1 atom stereocenters. The second-order valence-corrected chi connectivity index (χ2v) is 6.08. The molecule has 3 aromatic rings. The lowest BCUT2D eigenvalue weighted by Crippen LogP contribution is -2.34. The minimum Gasteiger partial charge on any atom is -0.335 e. The molecule has 0 spiro atoms. The lowest BCUT2D eigenvalue weighted by atomic mass is 10.0. The van der Waals surface area contributed by atoms with Crippen LogP contribution in [0, 0.1) is 0 Å². The number of fused-ring (bicyclic) bond motifs is 1. The van der Waals surface area contributed by atoms with Gasteiger partial charge in [-0.1, -0.05) is 41.9 Å². The van der Waals surface area contributed by atoms with E-state index in [9.17, 15) is 4.79 Å². The summed E-state index contributed by atoms with van der Waals surface area (Å²) in [6.07, 6.45) is 2.51. The zero-order valence-corrected chi connectivity index (χ0v) is 14.4. The van der Waals surface area contributed by atoms with E-state index in [0.29, 0.717) is 11.4 Å². The van der Waals surface area contributed by atoms with Gasteiger partial charge < -0.3 is 4.57 Å². The molecule has 0 fully saturated rings. The molecule has 0 saturated heterocycles. The molecule has 1 aromatic heterocycles. The number of carbonyl (C=O) groups excluding carboxylic acids is 1. The van der Waals surface area contributed by atoms with Crippen molar-refractivity contribution in [3.05, 3.63) is 71.4 Å². The fraction of sp³-hybridized carbons (Fsp3) is 0.211. The van der Waals surface area contributed by atoms with E-state index in [0.717, 1.165) is 16.5 Å². The van der Waals surface area contributed by atoms with Crippen LogP contribution >= 0.6 is 11.6 Å². The molecular weight excluding hydrogens is 324 g/mol. The third-order valence-electron chi connectivity index (χ3n) is 4.18. The molecule has 1 unspecified atom stereocenters. The Hall–Kier alpha value is -2.30. The van der Waals surface area contributed by atoms with Crippen LogP contribution in [0.1, 0.15) is 11.6 Å². The van der Waals surface area contributed by atoms with E-state index >= 15 is 0 Å². The predicted molar refractivity (Wildman–Crippen MR) is 95.9 cm³/mol. The van der Waals surface area contributed by atoms with Gasteiger partial charge >= 0.3 is 0 Å². The van der Waals surface area contributed by atoms with Gasteiger partial charge in [0.25, 0.3) is 5.91 Å². The average Bonchev–Trinajstić information content (AvgIpc) is 3.04. The number of likely N-dealkylation sites (N-methyl/N-ethyl adjacent to an activating group) is 1. The van der Waals surface area contributed by atoms with Crippen molar-refractivity contribution in [3.63, 3.8) is 0 Å². The van der Waals surface area contributed by atoms with E-state index in [1.807, 2.05) is 65.4 Å². The minimum atomic E-state index is -0.393. The van der Waals surface area contributed by atoms with Gasteiger partial charge in [0, 0.05) is 30.2 Å². The molecule has 0 radical (unpaired) electrons. The Morgan fingerprint density at radius 3 is 2.58 bits per heavy atom. The number of hydrogen-bond acceptors (Lipinski definition) is 2. The average molecular weight is 343 g/mol. The molecule has 2 aromatic carbocycles. The summed E-state index contributed by atoms with van der Waals surface area (Å²) in [6.45, 7) is 0. The second kappa shape index (κ2) is 7.07. The third kappa shape index (κ3) is 3.30. The summed E-state index contributed by atoms with van der Waals surface area (Å²) >= 11 is 5.96. The number of nitrogens with zero attached hydrogens (tertiary/aromatic N) is 2. The first-order valence-electron chi connectivity index (χ1n) is 7.72. The molecule has 5 heteroatoms. The molecule has 124 valence electrons. The summed E-state index contributed by atoms with van der Waals surface area (Å²) < 4.78 is 2.00. The molecule has 1 heterocycles. The fourth-order valence-corrected chi connectivity index (χ4v) is 2.95. The van der Waals surface area contributed by atoms with Crippen molar-refractivity contribution in [2.24, 2.45) is 0 Å². The normalized spacial score (nSPS) is 12.3. The Balaban J connectivity index is 2.01. The number of hydroxylamine groups is 2. The summed E-state index contributed by atoms with van der Waals surface area (Å²) in [5.74, 6) is -0.103. The van der Waals surface area contributed by atoms with Crippen molar-refractivity contribution in [1.82, 2.24) is 9.63 Å². The number of benzene rings is 2. The van der Waals surface area contributed by atoms with E-state index in [1.54, 1.807) is 7.05 Å². The largest absolute Gasteiger partial charge is 0.335 e. The van der Waals surface area contributed by atoms with E-state index in [2.05, 4.69) is 0 Å². The number of rotatable bonds is 5. The highest BCUT2D eigenvalue weighted by Gasteiger charge is 2.25. The Morgan fingerprint density at radius 2 is 1.88 bits per heavy atom. The molecule has 3 rings (SSSR count). The highest BCUT2D eigenvalue weighted by Crippen LogP contribution is 2.25. The number of halogens is 1. The maximum absolute atomic E-state index is 12.8. The van der Waals surface area contributed by atoms with Gasteiger partial charge in [-0.05, 0) is 35.2 Å². The van der Waals surface area contributed by atoms with Gasteiger partial charge in [0.05, 0.1) is 7.11 Å². The second-order valence-electron chi connectivity index (χ2n) is 5.65. The SMILES string of the molecule is CON(C)C(=O)C(Cc1ccc(Cl)cc1)n1ccc2ccccc21. The van der Waals surface area contributed by atoms with Gasteiger partial charge in [0.1, 0.15) is 6.04 Å². The van der Waals surface area contributed by atoms with Crippen molar-refractivity contribution in [3.8, 4) is 0 Å². The summed E-state index contributed by atoms with van der Waals surface area (Å²) in [7, 11) is 3.12. The topological polar surface area (TPSA) is 34.5 Å². The van der Waals surface area contributed by atoms with E-state index in [-0.39, 0.29) is 5.91 Å². The molecule has 0 N–H and O–H groups in total. The molecule has 4 nitrogen and oxygen atoms in total. The highest BCUT2D eigenvalue weighted by atomic mass is 35.5. The van der Waals surface area contributed by atoms with Crippen LogP contribution in [0.5, 0.6) is 0 Å². The Bertz CT molecular complexity index is 842. The van der Waals surface area contributed by atoms with E-state index in [4.69, 9.17) is 16.4 Å². The standard InChI is InChI=1S/C19H19ClN2O2/c1-21(24-2)19(23)18(13-14-7-9-16(20)10-8-14)22-12-11-15-5-3-4-6-17(15)22/h3-12,18H,13H2,1-2H3. The molecule has 1 amide bonds. The molecule has 0 aliphatic rings. The maximum Gasteiger partial charge on any atom is 0.269 e. The van der Waals surface area contributed by atoms with Crippen LogP contribution in [-0.2, 0) is 16.1 Å². The highest BCUT2D eigenvalue weighted by molar-refractivity contribution is 6.30. The van der Waals surface area contributed by atoms with Crippen molar-refractivity contribution < 1.29 is 9.63 Å². The Morgan fingerprint density at radius 1 is 1.17 bits per heavy atom. The number of para-hydroxylation sites is 1. The third-order valence-corrected chi connectivity index (χ3v) is 4.43. The smallest absolute Gasteiger partial charge is 0.269 e. The minimum absolute atomic E-state index is 0.103. The number of amides is 1. The quantitative estimate of drug-likeness (QED) is 0.654. The molecule has 0 aliphatic carbocycles. The van der Waals surface area contributed by atoms with Crippen molar-refractivity contribution in [2.45, 2.75) is 12.5 Å². The van der Waals surface area contributed by atoms with Crippen molar-refractivity contribution in [2.75, 3.05) is 14.2 Å². The summed E-state index contributed by atoms with van der Waals surface area (Å²) in [4.78, 5) is 18.0. The first-order chi connectivity index (χ1) is 11.6. The van der Waals surface area contributed by atoms with Crippen molar-refractivity contribution >= 4 is 28.4 Å². The van der Waals surface area contributed by atoms with Crippen LogP contribution in [0.3, 0.4) is 0 Å². The number of hydrogen-bond donors (Lipinski definition) is 0. The van der Waals surface area contributed by atoms with Gasteiger partial charge in [0.15, 0.2) is 0 Å². The van der Waals surface area contributed by atoms with Gasteiger partial charge in [-0.25, -0.2) is 5.06 Å². The zero-order valence-electron chi connectivity index (χ0n) is 13.6. The van der Waals surface area contributed by atoms with Crippen LogP contribution in [0.2, 0.25) is 5.02 Å². The van der Waals surface area contributed by atoms with Gasteiger partial charge in [-0.15, -0.1) is 0 Å². The first-order valence-corrected chi connectivity index (χ1v) is 8.09. The first kappa shape index (κ1) is 16.6. The van der Waals surface area contributed by atoms with Crippen LogP contribution in [0.4, 0.5) is 0 Å². The maximum atomic E-state index is 12.8. The Labute approximate surface area is 146 Å². The number of aromatic nitrogens is 1. The fourth-order valence-electron chi connectivity index (χ4n) is 2.82. The van der Waals surface area contributed by atoms with Crippen LogP contribution in [0.25, 0.3) is 10.9 Å². The van der Waals surface area contributed by atoms with E-state index < -0.39 is 6.04 Å². The van der Waals surface area contributed by atoms with Gasteiger partial charge in [-0.2, -0.15) is 0 Å². The molecule has 0 saturated carbocycles.